The number of fused-ring (bicyclic) bond motifs is 4. The first-order chi connectivity index (χ1) is 16.5. The van der Waals surface area contributed by atoms with Gasteiger partial charge in [0, 0.05) is 18.6 Å². The summed E-state index contributed by atoms with van der Waals surface area (Å²) in [7, 11) is 0. The van der Waals surface area contributed by atoms with E-state index in [4.69, 9.17) is 21.3 Å². The molecule has 0 saturated heterocycles. The summed E-state index contributed by atoms with van der Waals surface area (Å²) in [6, 6.07) is 1.57. The smallest absolute Gasteiger partial charge is 0.311 e. The van der Waals surface area contributed by atoms with E-state index in [0.29, 0.717) is 63.0 Å². The lowest BCUT2D eigenvalue weighted by Crippen LogP contribution is -2.47. The molecule has 0 aliphatic heterocycles. The molecule has 0 amide bonds. The number of aromatic nitrogens is 6. The SMILES string of the molecule is CCOC(=O)[C@H]1[C@H]2CC[C@H]([C@H]3C[C@H]32)[C@@H]1n1cc(F)c2cnc(-c3[nH]nc4ncc(Cl)cc34)nc21. The summed E-state index contributed by atoms with van der Waals surface area (Å²) in [4.78, 5) is 26.5. The second-order valence-electron chi connectivity index (χ2n) is 9.68. The van der Waals surface area contributed by atoms with Crippen LogP contribution in [0.5, 0.6) is 0 Å². The number of carbonyl (C=O) groups is 1. The first-order valence-electron chi connectivity index (χ1n) is 11.7. The van der Waals surface area contributed by atoms with Gasteiger partial charge in [0.05, 0.1) is 34.4 Å². The van der Waals surface area contributed by atoms with Crippen molar-refractivity contribution in [3.8, 4) is 11.5 Å². The van der Waals surface area contributed by atoms with Crippen molar-refractivity contribution in [3.05, 3.63) is 35.5 Å². The predicted octanol–water partition coefficient (Wildman–Crippen LogP) is 4.56. The number of H-pyrrole nitrogens is 1. The zero-order chi connectivity index (χ0) is 23.1. The second kappa shape index (κ2) is 7.21. The number of esters is 1. The highest BCUT2D eigenvalue weighted by atomic mass is 35.5. The molecule has 8 rings (SSSR count). The Kier molecular flexibility index (Phi) is 4.31. The molecule has 174 valence electrons. The van der Waals surface area contributed by atoms with Crippen LogP contribution in [0.25, 0.3) is 33.6 Å². The van der Waals surface area contributed by atoms with Gasteiger partial charge in [-0.05, 0) is 55.9 Å². The van der Waals surface area contributed by atoms with E-state index in [1.54, 1.807) is 6.07 Å². The zero-order valence-corrected chi connectivity index (χ0v) is 19.2. The van der Waals surface area contributed by atoms with Crippen molar-refractivity contribution in [1.29, 1.82) is 0 Å². The van der Waals surface area contributed by atoms with Crippen molar-refractivity contribution in [2.45, 2.75) is 32.2 Å². The number of aromatic amines is 1. The third kappa shape index (κ3) is 2.79. The molecule has 6 atom stereocenters. The molecule has 10 heteroatoms. The second-order valence-corrected chi connectivity index (χ2v) is 10.1. The van der Waals surface area contributed by atoms with Crippen molar-refractivity contribution >= 4 is 39.6 Å². The monoisotopic (exact) mass is 480 g/mol. The van der Waals surface area contributed by atoms with Crippen LogP contribution in [0.1, 0.15) is 32.2 Å². The average molecular weight is 481 g/mol. The van der Waals surface area contributed by atoms with E-state index in [0.717, 1.165) is 19.3 Å². The van der Waals surface area contributed by atoms with Crippen LogP contribution in [0, 0.1) is 35.4 Å². The van der Waals surface area contributed by atoms with Gasteiger partial charge < -0.3 is 9.30 Å². The number of nitrogens with zero attached hydrogens (tertiary/aromatic N) is 5. The minimum absolute atomic E-state index is 0.175. The van der Waals surface area contributed by atoms with Crippen LogP contribution in [-0.4, -0.2) is 42.3 Å². The molecule has 4 heterocycles. The standard InChI is InChI=1S/C24H22ClFN6O2/c1-2-34-24(33)18-11-3-4-12(14-6-13(11)14)20(18)32-9-17(26)16-8-28-22(29-23(16)32)19-15-5-10(25)7-27-21(15)31-30-19/h5,7-9,11-14,18,20H,2-4,6H2,1H3,(H,27,30,31)/t11-,12+,13-,14+,18-,20-/m0/s1. The average Bonchev–Trinajstić information content (AvgIpc) is 3.48. The molecule has 0 spiro atoms. The maximum atomic E-state index is 15.1. The van der Waals surface area contributed by atoms with Crippen LogP contribution in [0.15, 0.2) is 24.7 Å². The van der Waals surface area contributed by atoms with Gasteiger partial charge in [-0.1, -0.05) is 11.6 Å². The van der Waals surface area contributed by atoms with E-state index in [-0.39, 0.29) is 23.8 Å². The molecule has 0 radical (unpaired) electrons. The van der Waals surface area contributed by atoms with Gasteiger partial charge in [-0.3, -0.25) is 9.89 Å². The van der Waals surface area contributed by atoms with Gasteiger partial charge in [-0.2, -0.15) is 5.10 Å². The number of rotatable bonds is 4. The lowest BCUT2D eigenvalue weighted by molar-refractivity contribution is -0.158. The molecule has 4 aromatic rings. The maximum Gasteiger partial charge on any atom is 0.311 e. The first-order valence-corrected chi connectivity index (χ1v) is 12.1. The maximum absolute atomic E-state index is 15.1. The molecular formula is C24H22ClFN6O2. The molecule has 4 saturated carbocycles. The van der Waals surface area contributed by atoms with Gasteiger partial charge in [0.25, 0.3) is 0 Å². The quantitative estimate of drug-likeness (QED) is 0.430. The van der Waals surface area contributed by atoms with Crippen LogP contribution in [0.3, 0.4) is 0 Å². The molecule has 8 nitrogen and oxygen atoms in total. The Morgan fingerprint density at radius 3 is 2.88 bits per heavy atom. The normalized spacial score (nSPS) is 29.5. The van der Waals surface area contributed by atoms with Crippen molar-refractivity contribution in [2.24, 2.45) is 29.6 Å². The molecular weight excluding hydrogens is 459 g/mol. The fourth-order valence-corrected chi connectivity index (χ4v) is 6.90. The molecule has 4 aromatic heterocycles. The molecule has 0 aromatic carbocycles. The predicted molar refractivity (Wildman–Crippen MR) is 122 cm³/mol. The highest BCUT2D eigenvalue weighted by Crippen LogP contribution is 2.67. The lowest BCUT2D eigenvalue weighted by Gasteiger charge is -2.47. The highest BCUT2D eigenvalue weighted by Gasteiger charge is 2.64. The summed E-state index contributed by atoms with van der Waals surface area (Å²) in [5.41, 5.74) is 1.54. The fourth-order valence-electron chi connectivity index (χ4n) is 6.74. The Morgan fingerprint density at radius 2 is 2.03 bits per heavy atom. The summed E-state index contributed by atoms with van der Waals surface area (Å²) in [5, 5.41) is 8.65. The number of halogens is 2. The first kappa shape index (κ1) is 20.3. The highest BCUT2D eigenvalue weighted by molar-refractivity contribution is 6.31. The Bertz CT molecular complexity index is 1470. The molecule has 4 fully saturated rings. The molecule has 0 unspecified atom stereocenters. The van der Waals surface area contributed by atoms with E-state index in [2.05, 4.69) is 20.2 Å². The third-order valence-electron chi connectivity index (χ3n) is 8.09. The summed E-state index contributed by atoms with van der Waals surface area (Å²) in [6.07, 6.45) is 7.73. The summed E-state index contributed by atoms with van der Waals surface area (Å²) in [5.74, 6) is 1.31. The largest absolute Gasteiger partial charge is 0.466 e. The lowest BCUT2D eigenvalue weighted by atomic mass is 9.61. The number of nitrogens with one attached hydrogen (secondary N) is 1. The third-order valence-corrected chi connectivity index (χ3v) is 8.30. The van der Waals surface area contributed by atoms with Crippen molar-refractivity contribution < 1.29 is 13.9 Å². The number of pyridine rings is 1. The molecule has 2 bridgehead atoms. The van der Waals surface area contributed by atoms with Gasteiger partial charge in [0.1, 0.15) is 11.3 Å². The van der Waals surface area contributed by atoms with Crippen LogP contribution in [-0.2, 0) is 9.53 Å². The Hall–Kier alpha value is -3.07. The summed E-state index contributed by atoms with van der Waals surface area (Å²) < 4.78 is 22.5. The Labute approximate surface area is 198 Å². The van der Waals surface area contributed by atoms with Crippen LogP contribution in [0.2, 0.25) is 5.02 Å². The Morgan fingerprint density at radius 1 is 1.21 bits per heavy atom. The van der Waals surface area contributed by atoms with E-state index in [1.807, 2.05) is 11.5 Å². The van der Waals surface area contributed by atoms with Crippen molar-refractivity contribution in [2.75, 3.05) is 6.61 Å². The van der Waals surface area contributed by atoms with Crippen molar-refractivity contribution in [3.63, 3.8) is 0 Å². The van der Waals surface area contributed by atoms with Gasteiger partial charge in [-0.25, -0.2) is 19.3 Å². The van der Waals surface area contributed by atoms with Gasteiger partial charge in [-0.15, -0.1) is 0 Å². The van der Waals surface area contributed by atoms with Gasteiger partial charge in [0.15, 0.2) is 17.3 Å². The van der Waals surface area contributed by atoms with Crippen LogP contribution < -0.4 is 0 Å². The minimum atomic E-state index is -0.392. The Balaban J connectivity index is 1.39. The van der Waals surface area contributed by atoms with E-state index in [9.17, 15) is 4.79 Å². The number of hydrogen-bond acceptors (Lipinski definition) is 6. The number of ether oxygens (including phenoxy) is 1. The van der Waals surface area contributed by atoms with Gasteiger partial charge >= 0.3 is 5.97 Å². The van der Waals surface area contributed by atoms with E-state index >= 15 is 4.39 Å². The zero-order valence-electron chi connectivity index (χ0n) is 18.4. The molecule has 34 heavy (non-hydrogen) atoms. The van der Waals surface area contributed by atoms with Crippen LogP contribution >= 0.6 is 11.6 Å². The number of hydrogen-bond donors (Lipinski definition) is 1. The van der Waals surface area contributed by atoms with Crippen LogP contribution in [0.4, 0.5) is 4.39 Å². The minimum Gasteiger partial charge on any atom is -0.466 e. The summed E-state index contributed by atoms with van der Waals surface area (Å²) in [6.45, 7) is 2.16. The molecule has 1 N–H and O–H groups in total. The topological polar surface area (TPSA) is 98.6 Å². The number of carbonyl (C=O) groups excluding carboxylic acids is 1. The van der Waals surface area contributed by atoms with E-state index in [1.165, 1.54) is 18.6 Å². The molecule has 4 aliphatic rings. The van der Waals surface area contributed by atoms with Gasteiger partial charge in [0.2, 0.25) is 0 Å². The fraction of sp³-hybridized carbons (Fsp3) is 0.458. The van der Waals surface area contributed by atoms with E-state index < -0.39 is 5.82 Å². The molecule has 4 aliphatic carbocycles. The summed E-state index contributed by atoms with van der Waals surface area (Å²) >= 11 is 6.14. The van der Waals surface area contributed by atoms with Crippen molar-refractivity contribution in [1.82, 2.24) is 29.7 Å².